The van der Waals surface area contributed by atoms with Gasteiger partial charge in [-0.25, -0.2) is 0 Å². The zero-order valence-corrected chi connectivity index (χ0v) is 11.7. The lowest BCUT2D eigenvalue weighted by atomic mass is 9.97. The smallest absolute Gasteiger partial charge is 0.308 e. The van der Waals surface area contributed by atoms with Crippen LogP contribution in [-0.2, 0) is 4.79 Å². The largest absolute Gasteiger partial charge is 0.481 e. The Bertz CT molecular complexity index is 604. The van der Waals surface area contributed by atoms with E-state index < -0.39 is 22.7 Å². The minimum atomic E-state index is -0.971. The van der Waals surface area contributed by atoms with Gasteiger partial charge >= 0.3 is 5.97 Å². The molecule has 21 heavy (non-hydrogen) atoms. The number of nitro benzene ring substituents is 1. The summed E-state index contributed by atoms with van der Waals surface area (Å²) < 4.78 is 0. The third kappa shape index (κ3) is 3.13. The summed E-state index contributed by atoms with van der Waals surface area (Å²) in [5.41, 5.74) is -0.555. The number of carboxylic acid groups (broad SMARTS) is 1. The first-order chi connectivity index (χ1) is 9.91. The van der Waals surface area contributed by atoms with Crippen LogP contribution in [0.4, 0.5) is 5.69 Å². The van der Waals surface area contributed by atoms with Crippen LogP contribution in [0.3, 0.4) is 0 Å². The second-order valence-electron chi connectivity index (χ2n) is 4.82. The van der Waals surface area contributed by atoms with Gasteiger partial charge in [0.2, 0.25) is 0 Å². The molecule has 0 aromatic heterocycles. The summed E-state index contributed by atoms with van der Waals surface area (Å²) in [6, 6.07) is 4.01. The van der Waals surface area contributed by atoms with E-state index in [0.717, 1.165) is 0 Å². The highest BCUT2D eigenvalue weighted by molar-refractivity contribution is 6.34. The molecule has 0 spiro atoms. The molecular formula is C13H13ClN2O5. The van der Waals surface area contributed by atoms with Gasteiger partial charge in [-0.3, -0.25) is 19.7 Å². The van der Waals surface area contributed by atoms with E-state index >= 15 is 0 Å². The minimum Gasteiger partial charge on any atom is -0.481 e. The van der Waals surface area contributed by atoms with E-state index in [1.54, 1.807) is 0 Å². The number of carboxylic acids is 1. The third-order valence-corrected chi connectivity index (χ3v) is 3.77. The summed E-state index contributed by atoms with van der Waals surface area (Å²) in [5.74, 6) is -2.22. The van der Waals surface area contributed by atoms with Gasteiger partial charge < -0.3 is 10.0 Å². The van der Waals surface area contributed by atoms with Gasteiger partial charge in [0.05, 0.1) is 15.9 Å². The fourth-order valence-corrected chi connectivity index (χ4v) is 2.65. The molecule has 0 bridgehead atoms. The van der Waals surface area contributed by atoms with Crippen LogP contribution in [0.1, 0.15) is 23.2 Å². The zero-order chi connectivity index (χ0) is 15.6. The summed E-state index contributed by atoms with van der Waals surface area (Å²) >= 11 is 5.92. The number of carbonyl (C=O) groups excluding carboxylic acids is 1. The van der Waals surface area contributed by atoms with Crippen molar-refractivity contribution >= 4 is 29.2 Å². The molecule has 1 aliphatic rings. The van der Waals surface area contributed by atoms with Gasteiger partial charge in [0.15, 0.2) is 0 Å². The summed E-state index contributed by atoms with van der Waals surface area (Å²) in [5, 5.41) is 20.0. The average Bonchev–Trinajstić information content (AvgIpc) is 2.46. The molecule has 0 aliphatic carbocycles. The summed E-state index contributed by atoms with van der Waals surface area (Å²) in [7, 11) is 0. The predicted octanol–water partition coefficient (Wildman–Crippen LogP) is 2.18. The lowest BCUT2D eigenvalue weighted by Crippen LogP contribution is -2.42. The molecule has 7 nitrogen and oxygen atoms in total. The number of likely N-dealkylation sites (tertiary alicyclic amines) is 1. The number of halogens is 1. The van der Waals surface area contributed by atoms with Crippen molar-refractivity contribution in [1.82, 2.24) is 4.90 Å². The summed E-state index contributed by atoms with van der Waals surface area (Å²) in [6.07, 6.45) is 1.03. The first-order valence-corrected chi connectivity index (χ1v) is 6.74. The molecule has 1 atom stereocenters. The molecule has 1 aliphatic heterocycles. The number of rotatable bonds is 3. The van der Waals surface area contributed by atoms with Crippen molar-refractivity contribution in [2.75, 3.05) is 13.1 Å². The molecule has 0 unspecified atom stereocenters. The number of nitro groups is 1. The number of hydrogen-bond donors (Lipinski definition) is 1. The zero-order valence-electron chi connectivity index (χ0n) is 11.0. The minimum absolute atomic E-state index is 0.00773. The highest BCUT2D eigenvalue weighted by Gasteiger charge is 2.32. The monoisotopic (exact) mass is 312 g/mol. The Morgan fingerprint density at radius 2 is 2.14 bits per heavy atom. The van der Waals surface area contributed by atoms with E-state index in [9.17, 15) is 19.7 Å². The maximum atomic E-state index is 12.5. The number of piperidine rings is 1. The van der Waals surface area contributed by atoms with Gasteiger partial charge in [-0.05, 0) is 18.9 Å². The normalized spacial score (nSPS) is 18.3. The molecule has 1 aromatic carbocycles. The molecule has 8 heteroatoms. The van der Waals surface area contributed by atoms with Crippen molar-refractivity contribution < 1.29 is 19.6 Å². The van der Waals surface area contributed by atoms with Crippen molar-refractivity contribution in [1.29, 1.82) is 0 Å². The molecule has 1 N–H and O–H groups in total. The second-order valence-corrected chi connectivity index (χ2v) is 5.23. The third-order valence-electron chi connectivity index (χ3n) is 3.46. The first kappa shape index (κ1) is 15.2. The van der Waals surface area contributed by atoms with Gasteiger partial charge in [-0.15, -0.1) is 0 Å². The topological polar surface area (TPSA) is 101 Å². The molecule has 0 saturated carbocycles. The van der Waals surface area contributed by atoms with Crippen LogP contribution in [0.2, 0.25) is 5.02 Å². The Kier molecular flexibility index (Phi) is 4.42. The Labute approximate surface area is 125 Å². The highest BCUT2D eigenvalue weighted by Crippen LogP contribution is 2.29. The fraction of sp³-hybridized carbons (Fsp3) is 0.385. The van der Waals surface area contributed by atoms with Gasteiger partial charge in [-0.1, -0.05) is 17.7 Å². The number of carbonyl (C=O) groups is 2. The van der Waals surface area contributed by atoms with E-state index in [0.29, 0.717) is 19.4 Å². The van der Waals surface area contributed by atoms with E-state index in [1.807, 2.05) is 0 Å². The molecule has 1 saturated heterocycles. The molecule has 1 aromatic rings. The Morgan fingerprint density at radius 1 is 1.43 bits per heavy atom. The number of aliphatic carboxylic acids is 1. The Balaban J connectivity index is 2.32. The summed E-state index contributed by atoms with van der Waals surface area (Å²) in [4.78, 5) is 35.1. The molecule has 112 valence electrons. The molecular weight excluding hydrogens is 300 g/mol. The molecule has 1 fully saturated rings. The van der Waals surface area contributed by atoms with Crippen LogP contribution in [0.15, 0.2) is 18.2 Å². The Morgan fingerprint density at radius 3 is 2.76 bits per heavy atom. The van der Waals surface area contributed by atoms with Gasteiger partial charge in [0, 0.05) is 19.2 Å². The van der Waals surface area contributed by atoms with Crippen molar-refractivity contribution in [3.63, 3.8) is 0 Å². The summed E-state index contributed by atoms with van der Waals surface area (Å²) in [6.45, 7) is 0.404. The van der Waals surface area contributed by atoms with Crippen LogP contribution in [0.25, 0.3) is 0 Å². The molecule has 0 radical (unpaired) electrons. The number of nitrogens with zero attached hydrogens (tertiary/aromatic N) is 2. The number of hydrogen-bond acceptors (Lipinski definition) is 4. The molecule has 1 amide bonds. The lowest BCUT2D eigenvalue weighted by Gasteiger charge is -2.30. The van der Waals surface area contributed by atoms with Crippen molar-refractivity contribution in [3.05, 3.63) is 38.9 Å². The number of amides is 1. The highest BCUT2D eigenvalue weighted by atomic mass is 35.5. The number of benzene rings is 1. The maximum Gasteiger partial charge on any atom is 0.308 e. The van der Waals surface area contributed by atoms with Crippen LogP contribution >= 0.6 is 11.6 Å². The van der Waals surface area contributed by atoms with Gasteiger partial charge in [0.1, 0.15) is 5.56 Å². The van der Waals surface area contributed by atoms with Crippen LogP contribution in [-0.4, -0.2) is 39.9 Å². The van der Waals surface area contributed by atoms with Gasteiger partial charge in [0.25, 0.3) is 11.6 Å². The molecule has 1 heterocycles. The van der Waals surface area contributed by atoms with E-state index in [-0.39, 0.29) is 22.8 Å². The predicted molar refractivity (Wildman–Crippen MR) is 74.4 cm³/mol. The van der Waals surface area contributed by atoms with Crippen LogP contribution in [0.5, 0.6) is 0 Å². The SMILES string of the molecule is O=C(O)[C@@H]1CCCN(C(=O)c2c(Cl)cccc2[N+](=O)[O-])C1. The second kappa shape index (κ2) is 6.09. The van der Waals surface area contributed by atoms with E-state index in [4.69, 9.17) is 16.7 Å². The van der Waals surface area contributed by atoms with Crippen LogP contribution < -0.4 is 0 Å². The average molecular weight is 313 g/mol. The lowest BCUT2D eigenvalue weighted by molar-refractivity contribution is -0.385. The van der Waals surface area contributed by atoms with Crippen molar-refractivity contribution in [2.24, 2.45) is 5.92 Å². The Hall–Kier alpha value is -2.15. The van der Waals surface area contributed by atoms with E-state index in [2.05, 4.69) is 0 Å². The molecule has 2 rings (SSSR count). The van der Waals surface area contributed by atoms with Gasteiger partial charge in [-0.2, -0.15) is 0 Å². The fourth-order valence-electron chi connectivity index (χ4n) is 2.40. The standard InChI is InChI=1S/C13H13ClN2O5/c14-9-4-1-5-10(16(20)21)11(9)12(17)15-6-2-3-8(7-15)13(18)19/h1,4-5,8H,2-3,6-7H2,(H,18,19)/t8-/m1/s1. The maximum absolute atomic E-state index is 12.5. The van der Waals surface area contributed by atoms with E-state index in [1.165, 1.54) is 23.1 Å². The van der Waals surface area contributed by atoms with Crippen LogP contribution in [0, 0.1) is 16.0 Å². The first-order valence-electron chi connectivity index (χ1n) is 6.36. The quantitative estimate of drug-likeness (QED) is 0.681. The van der Waals surface area contributed by atoms with Crippen molar-refractivity contribution in [2.45, 2.75) is 12.8 Å². The van der Waals surface area contributed by atoms with Crippen molar-refractivity contribution in [3.8, 4) is 0 Å².